The largest absolute Gasteiger partial charge is 0.486 e. The van der Waals surface area contributed by atoms with E-state index in [2.05, 4.69) is 9.97 Å². The van der Waals surface area contributed by atoms with Crippen molar-refractivity contribution in [3.63, 3.8) is 0 Å². The summed E-state index contributed by atoms with van der Waals surface area (Å²) >= 11 is 0. The second-order valence-electron chi connectivity index (χ2n) is 11.6. The molecule has 1 amide bonds. The van der Waals surface area contributed by atoms with Crippen molar-refractivity contribution in [2.75, 3.05) is 13.2 Å². The maximum Gasteiger partial charge on any atom is 0.410 e. The van der Waals surface area contributed by atoms with Gasteiger partial charge in [0, 0.05) is 17.7 Å². The SMILES string of the molecule is CC(C)(C)OC(=O)N(Cc1cc2c(cn1)OCCO2)[C@H]1CCc2cc(-c3cc4ccc(F)cc4[nH]c3=O)ccc2C1. The first-order valence-corrected chi connectivity index (χ1v) is 13.8. The van der Waals surface area contributed by atoms with E-state index in [1.807, 2.05) is 45.0 Å². The Labute approximate surface area is 237 Å². The number of benzene rings is 2. The molecule has 2 aliphatic rings. The summed E-state index contributed by atoms with van der Waals surface area (Å²) in [6, 6.07) is 13.9. The Morgan fingerprint density at radius 2 is 1.88 bits per heavy atom. The second-order valence-corrected chi connectivity index (χ2v) is 11.6. The number of ether oxygens (including phenoxy) is 3. The number of aryl methyl sites for hydroxylation is 1. The zero-order valence-electron chi connectivity index (χ0n) is 23.3. The number of fused-ring (bicyclic) bond motifs is 3. The lowest BCUT2D eigenvalue weighted by Gasteiger charge is -2.36. The van der Waals surface area contributed by atoms with Crippen LogP contribution in [0.15, 0.2) is 59.5 Å². The summed E-state index contributed by atoms with van der Waals surface area (Å²) in [4.78, 5) is 35.4. The molecule has 0 saturated carbocycles. The Balaban J connectivity index is 1.27. The van der Waals surface area contributed by atoms with Gasteiger partial charge < -0.3 is 19.2 Å². The van der Waals surface area contributed by atoms with Gasteiger partial charge in [0.1, 0.15) is 24.6 Å². The molecular formula is C32H32FN3O5. The number of carbonyl (C=O) groups excluding carboxylic acids is 1. The Morgan fingerprint density at radius 3 is 2.68 bits per heavy atom. The highest BCUT2D eigenvalue weighted by atomic mass is 19.1. The predicted octanol–water partition coefficient (Wildman–Crippen LogP) is 5.80. The molecule has 1 aliphatic heterocycles. The van der Waals surface area contributed by atoms with Crippen LogP contribution in [0.25, 0.3) is 22.0 Å². The first-order chi connectivity index (χ1) is 19.6. The summed E-state index contributed by atoms with van der Waals surface area (Å²) in [5, 5.41) is 0.763. The summed E-state index contributed by atoms with van der Waals surface area (Å²) in [5.41, 5.74) is 3.85. The molecule has 1 N–H and O–H groups in total. The Hall–Kier alpha value is -4.40. The van der Waals surface area contributed by atoms with Gasteiger partial charge in [0.15, 0.2) is 11.5 Å². The molecule has 3 heterocycles. The van der Waals surface area contributed by atoms with Crippen LogP contribution in [-0.4, -0.2) is 45.8 Å². The Kier molecular flexibility index (Phi) is 6.89. The zero-order chi connectivity index (χ0) is 28.7. The van der Waals surface area contributed by atoms with Gasteiger partial charge in [0.25, 0.3) is 5.56 Å². The van der Waals surface area contributed by atoms with Gasteiger partial charge in [0.05, 0.1) is 24.0 Å². The standard InChI is InChI=1S/C32H32FN3O5/c1-32(2,3)41-31(38)36(18-24-16-28-29(17-34-24)40-11-10-39-28)25-9-7-19-12-21(5-4-20(19)13-25)26-14-22-6-8-23(33)15-27(22)35-30(26)37/h4-6,8,12,14-17,25H,7,9-11,13,18H2,1-3H3,(H,35,37)/t25-/m0/s1. The quantitative estimate of drug-likeness (QED) is 0.341. The molecule has 0 saturated heterocycles. The number of amides is 1. The molecule has 1 aliphatic carbocycles. The average Bonchev–Trinajstić information content (AvgIpc) is 2.94. The van der Waals surface area contributed by atoms with E-state index in [-0.39, 0.29) is 18.1 Å². The summed E-state index contributed by atoms with van der Waals surface area (Å²) < 4.78 is 30.7. The fraction of sp³-hybridized carbons (Fsp3) is 0.344. The third-order valence-electron chi connectivity index (χ3n) is 7.42. The molecule has 1 atom stereocenters. The van der Waals surface area contributed by atoms with Crippen molar-refractivity contribution in [1.82, 2.24) is 14.9 Å². The zero-order valence-corrected chi connectivity index (χ0v) is 23.3. The number of pyridine rings is 2. The predicted molar refractivity (Wildman–Crippen MR) is 153 cm³/mol. The van der Waals surface area contributed by atoms with Gasteiger partial charge in [0.2, 0.25) is 0 Å². The van der Waals surface area contributed by atoms with E-state index >= 15 is 0 Å². The molecule has 212 valence electrons. The highest BCUT2D eigenvalue weighted by molar-refractivity contribution is 5.83. The lowest BCUT2D eigenvalue weighted by molar-refractivity contribution is 0.0121. The lowest BCUT2D eigenvalue weighted by atomic mass is 9.85. The van der Waals surface area contributed by atoms with Gasteiger partial charge in [-0.3, -0.25) is 14.7 Å². The van der Waals surface area contributed by atoms with E-state index in [0.717, 1.165) is 34.9 Å². The van der Waals surface area contributed by atoms with Crippen molar-refractivity contribution < 1.29 is 23.4 Å². The number of hydrogen-bond acceptors (Lipinski definition) is 6. The van der Waals surface area contributed by atoms with Crippen LogP contribution >= 0.6 is 0 Å². The highest BCUT2D eigenvalue weighted by Crippen LogP contribution is 2.33. The van der Waals surface area contributed by atoms with Gasteiger partial charge in [-0.2, -0.15) is 0 Å². The molecular weight excluding hydrogens is 525 g/mol. The fourth-order valence-corrected chi connectivity index (χ4v) is 5.47. The molecule has 8 nitrogen and oxygen atoms in total. The Bertz CT molecular complexity index is 1690. The summed E-state index contributed by atoms with van der Waals surface area (Å²) in [5.74, 6) is 0.832. The Morgan fingerprint density at radius 1 is 1.07 bits per heavy atom. The summed E-state index contributed by atoms with van der Waals surface area (Å²) in [7, 11) is 0. The van der Waals surface area contributed by atoms with E-state index in [4.69, 9.17) is 14.2 Å². The van der Waals surface area contributed by atoms with Crippen molar-refractivity contribution in [3.05, 3.63) is 87.7 Å². The van der Waals surface area contributed by atoms with Gasteiger partial charge in [-0.25, -0.2) is 9.18 Å². The minimum absolute atomic E-state index is 0.0998. The molecule has 0 unspecified atom stereocenters. The fourth-order valence-electron chi connectivity index (χ4n) is 5.47. The van der Waals surface area contributed by atoms with E-state index in [1.54, 1.807) is 23.2 Å². The first-order valence-electron chi connectivity index (χ1n) is 13.8. The molecule has 9 heteroatoms. The lowest BCUT2D eigenvalue weighted by Crippen LogP contribution is -2.45. The summed E-state index contributed by atoms with van der Waals surface area (Å²) in [6.45, 7) is 6.79. The number of nitrogens with one attached hydrogen (secondary N) is 1. The topological polar surface area (TPSA) is 93.8 Å². The molecule has 4 aromatic rings. The van der Waals surface area contributed by atoms with Crippen LogP contribution in [0.2, 0.25) is 0 Å². The van der Waals surface area contributed by atoms with Crippen LogP contribution < -0.4 is 15.0 Å². The maximum atomic E-state index is 13.6. The van der Waals surface area contributed by atoms with Crippen molar-refractivity contribution in [2.24, 2.45) is 0 Å². The molecule has 0 radical (unpaired) electrons. The van der Waals surface area contributed by atoms with Crippen molar-refractivity contribution in [3.8, 4) is 22.6 Å². The van der Waals surface area contributed by atoms with Crippen LogP contribution in [0.1, 0.15) is 44.0 Å². The second kappa shape index (κ2) is 10.5. The number of carbonyl (C=O) groups is 1. The average molecular weight is 558 g/mol. The number of nitrogens with zero attached hydrogens (tertiary/aromatic N) is 2. The molecule has 0 bridgehead atoms. The minimum Gasteiger partial charge on any atom is -0.486 e. The van der Waals surface area contributed by atoms with Crippen LogP contribution in [0.5, 0.6) is 11.5 Å². The maximum absolute atomic E-state index is 13.6. The van der Waals surface area contributed by atoms with Gasteiger partial charge >= 0.3 is 6.09 Å². The smallest absolute Gasteiger partial charge is 0.410 e. The van der Waals surface area contributed by atoms with Crippen LogP contribution in [-0.2, 0) is 24.1 Å². The third-order valence-corrected chi connectivity index (χ3v) is 7.42. The first kappa shape index (κ1) is 26.8. The number of hydrogen-bond donors (Lipinski definition) is 1. The normalized spacial score (nSPS) is 16.2. The van der Waals surface area contributed by atoms with Gasteiger partial charge in [-0.1, -0.05) is 18.2 Å². The van der Waals surface area contributed by atoms with Crippen LogP contribution in [0, 0.1) is 5.82 Å². The minimum atomic E-state index is -0.643. The number of halogens is 1. The molecule has 0 fully saturated rings. The molecule has 2 aromatic carbocycles. The molecule has 0 spiro atoms. The highest BCUT2D eigenvalue weighted by Gasteiger charge is 2.32. The van der Waals surface area contributed by atoms with E-state index < -0.39 is 17.5 Å². The molecule has 2 aromatic heterocycles. The third kappa shape index (κ3) is 5.75. The van der Waals surface area contributed by atoms with E-state index in [1.165, 1.54) is 12.1 Å². The number of rotatable bonds is 4. The van der Waals surface area contributed by atoms with E-state index in [0.29, 0.717) is 47.9 Å². The van der Waals surface area contributed by atoms with Gasteiger partial charge in [-0.05, 0) is 86.4 Å². The van der Waals surface area contributed by atoms with Crippen LogP contribution in [0.3, 0.4) is 0 Å². The number of aromatic nitrogens is 2. The van der Waals surface area contributed by atoms with Gasteiger partial charge in [-0.15, -0.1) is 0 Å². The molecule has 6 rings (SSSR count). The van der Waals surface area contributed by atoms with Crippen molar-refractivity contribution >= 4 is 17.0 Å². The number of H-pyrrole nitrogens is 1. The molecule has 41 heavy (non-hydrogen) atoms. The monoisotopic (exact) mass is 557 g/mol. The van der Waals surface area contributed by atoms with Crippen molar-refractivity contribution in [2.45, 2.75) is 58.2 Å². The van der Waals surface area contributed by atoms with Crippen LogP contribution in [0.4, 0.5) is 9.18 Å². The van der Waals surface area contributed by atoms with Crippen molar-refractivity contribution in [1.29, 1.82) is 0 Å². The number of aromatic amines is 1. The van der Waals surface area contributed by atoms with E-state index in [9.17, 15) is 14.0 Å². The summed E-state index contributed by atoms with van der Waals surface area (Å²) in [6.07, 6.45) is 3.36.